The number of likely N-dealkylation sites (tertiary alicyclic amines) is 1. The van der Waals surface area contributed by atoms with E-state index in [0.717, 1.165) is 31.5 Å². The van der Waals surface area contributed by atoms with E-state index in [2.05, 4.69) is 5.32 Å². The summed E-state index contributed by atoms with van der Waals surface area (Å²) in [6.07, 6.45) is 2.54. The van der Waals surface area contributed by atoms with Crippen LogP contribution in [0.1, 0.15) is 44.7 Å². The Hall–Kier alpha value is -1.84. The molecule has 21 heavy (non-hydrogen) atoms. The van der Waals surface area contributed by atoms with Crippen molar-refractivity contribution in [3.8, 4) is 0 Å². The summed E-state index contributed by atoms with van der Waals surface area (Å²) in [6.45, 7) is 5.59. The number of nitrogens with one attached hydrogen (secondary N) is 1. The predicted molar refractivity (Wildman–Crippen MR) is 82.6 cm³/mol. The van der Waals surface area contributed by atoms with Crippen LogP contribution in [-0.2, 0) is 9.59 Å². The third kappa shape index (κ3) is 4.31. The van der Waals surface area contributed by atoms with Crippen LogP contribution in [-0.4, -0.2) is 29.8 Å². The summed E-state index contributed by atoms with van der Waals surface area (Å²) in [5, 5.41) is 2.91. The molecule has 0 bridgehead atoms. The molecule has 0 unspecified atom stereocenters. The first-order chi connectivity index (χ1) is 10.1. The second-order valence-corrected chi connectivity index (χ2v) is 6.04. The van der Waals surface area contributed by atoms with Gasteiger partial charge in [-0.2, -0.15) is 0 Å². The lowest BCUT2D eigenvalue weighted by atomic mass is 10.0. The maximum Gasteiger partial charge on any atom is 0.249 e. The number of rotatable bonds is 5. The van der Waals surface area contributed by atoms with Gasteiger partial charge in [-0.15, -0.1) is 0 Å². The molecule has 1 fully saturated rings. The Bertz CT molecular complexity index is 479. The number of benzene rings is 1. The van der Waals surface area contributed by atoms with Crippen LogP contribution in [0.15, 0.2) is 30.3 Å². The van der Waals surface area contributed by atoms with Gasteiger partial charge in [0.2, 0.25) is 11.8 Å². The van der Waals surface area contributed by atoms with Crippen molar-refractivity contribution in [1.82, 2.24) is 10.2 Å². The van der Waals surface area contributed by atoms with Crippen molar-refractivity contribution < 1.29 is 9.59 Å². The molecule has 0 aliphatic carbocycles. The van der Waals surface area contributed by atoms with Crippen LogP contribution in [0, 0.1) is 5.92 Å². The van der Waals surface area contributed by atoms with Gasteiger partial charge in [-0.25, -0.2) is 0 Å². The van der Waals surface area contributed by atoms with E-state index >= 15 is 0 Å². The van der Waals surface area contributed by atoms with Gasteiger partial charge < -0.3 is 10.2 Å². The van der Waals surface area contributed by atoms with Gasteiger partial charge in [-0.1, -0.05) is 44.2 Å². The van der Waals surface area contributed by atoms with E-state index in [1.807, 2.05) is 49.1 Å². The first-order valence-corrected chi connectivity index (χ1v) is 7.71. The number of carbonyl (C=O) groups is 2. The Morgan fingerprint density at radius 1 is 1.14 bits per heavy atom. The van der Waals surface area contributed by atoms with Crippen LogP contribution in [0.2, 0.25) is 0 Å². The van der Waals surface area contributed by atoms with Gasteiger partial charge in [-0.3, -0.25) is 9.59 Å². The summed E-state index contributed by atoms with van der Waals surface area (Å²) >= 11 is 0. The summed E-state index contributed by atoms with van der Waals surface area (Å²) in [6, 6.07) is 8.94. The number of hydrogen-bond acceptors (Lipinski definition) is 2. The number of hydrogen-bond donors (Lipinski definition) is 1. The van der Waals surface area contributed by atoms with Crippen LogP contribution >= 0.6 is 0 Å². The van der Waals surface area contributed by atoms with Gasteiger partial charge >= 0.3 is 0 Å². The van der Waals surface area contributed by atoms with Gasteiger partial charge in [0.25, 0.3) is 0 Å². The van der Waals surface area contributed by atoms with Crippen LogP contribution in [0.4, 0.5) is 0 Å². The summed E-state index contributed by atoms with van der Waals surface area (Å²) in [7, 11) is 0. The minimum atomic E-state index is -0.560. The molecule has 0 aromatic heterocycles. The summed E-state index contributed by atoms with van der Waals surface area (Å²) in [5.41, 5.74) is 0.853. The Morgan fingerprint density at radius 3 is 2.33 bits per heavy atom. The molecule has 2 amide bonds. The molecule has 1 aromatic carbocycles. The quantitative estimate of drug-likeness (QED) is 0.905. The highest BCUT2D eigenvalue weighted by atomic mass is 16.2. The Kier molecular flexibility index (Phi) is 5.37. The maximum absolute atomic E-state index is 12.7. The smallest absolute Gasteiger partial charge is 0.249 e. The average molecular weight is 288 g/mol. The summed E-state index contributed by atoms with van der Waals surface area (Å²) in [5.74, 6) is 0.227. The van der Waals surface area contributed by atoms with Crippen molar-refractivity contribution >= 4 is 11.8 Å². The molecule has 0 saturated carbocycles. The van der Waals surface area contributed by atoms with Crippen LogP contribution in [0.3, 0.4) is 0 Å². The zero-order valence-corrected chi connectivity index (χ0v) is 12.8. The minimum absolute atomic E-state index is 0.0100. The average Bonchev–Trinajstić information content (AvgIpc) is 2.98. The van der Waals surface area contributed by atoms with Crippen LogP contribution in [0.25, 0.3) is 0 Å². The van der Waals surface area contributed by atoms with E-state index in [4.69, 9.17) is 0 Å². The predicted octanol–water partition coefficient (Wildman–Crippen LogP) is 2.51. The van der Waals surface area contributed by atoms with E-state index in [1.165, 1.54) is 0 Å². The summed E-state index contributed by atoms with van der Waals surface area (Å²) < 4.78 is 0. The molecule has 2 rings (SSSR count). The highest BCUT2D eigenvalue weighted by Gasteiger charge is 2.28. The number of nitrogens with zero attached hydrogens (tertiary/aromatic N) is 1. The highest BCUT2D eigenvalue weighted by molar-refractivity contribution is 5.88. The van der Waals surface area contributed by atoms with Gasteiger partial charge in [0.1, 0.15) is 6.04 Å². The molecule has 4 heteroatoms. The lowest BCUT2D eigenvalue weighted by Crippen LogP contribution is -2.42. The fourth-order valence-electron chi connectivity index (χ4n) is 2.64. The molecule has 1 aromatic rings. The molecule has 1 saturated heterocycles. The number of amides is 2. The topological polar surface area (TPSA) is 49.4 Å². The van der Waals surface area contributed by atoms with Gasteiger partial charge in [-0.05, 0) is 24.3 Å². The normalized spacial score (nSPS) is 16.0. The number of carbonyl (C=O) groups excluding carboxylic acids is 2. The van der Waals surface area contributed by atoms with Gasteiger partial charge in [0.15, 0.2) is 0 Å². The zero-order valence-electron chi connectivity index (χ0n) is 12.8. The van der Waals surface area contributed by atoms with Crippen LogP contribution in [0.5, 0.6) is 0 Å². The monoisotopic (exact) mass is 288 g/mol. The van der Waals surface area contributed by atoms with Crippen LogP contribution < -0.4 is 5.32 Å². The lowest BCUT2D eigenvalue weighted by molar-refractivity contribution is -0.136. The van der Waals surface area contributed by atoms with Crippen molar-refractivity contribution in [1.29, 1.82) is 0 Å². The summed E-state index contributed by atoms with van der Waals surface area (Å²) in [4.78, 5) is 26.6. The fourth-order valence-corrected chi connectivity index (χ4v) is 2.64. The highest BCUT2D eigenvalue weighted by Crippen LogP contribution is 2.19. The second-order valence-electron chi connectivity index (χ2n) is 6.04. The molecular weight excluding hydrogens is 264 g/mol. The largest absolute Gasteiger partial charge is 0.341 e. The second kappa shape index (κ2) is 7.25. The third-order valence-corrected chi connectivity index (χ3v) is 3.70. The Morgan fingerprint density at radius 2 is 1.76 bits per heavy atom. The molecular formula is C17H24N2O2. The lowest BCUT2D eigenvalue weighted by Gasteiger charge is -2.24. The molecule has 1 atom stereocenters. The SMILES string of the molecule is CC(C)CC(=O)N[C@@H](C(=O)N1CCCC1)c1ccccc1. The molecule has 1 N–H and O–H groups in total. The molecule has 114 valence electrons. The zero-order chi connectivity index (χ0) is 15.2. The van der Waals surface area contributed by atoms with Crippen molar-refractivity contribution in [2.45, 2.75) is 39.2 Å². The van der Waals surface area contributed by atoms with Crippen molar-refractivity contribution in [2.75, 3.05) is 13.1 Å². The molecule has 4 nitrogen and oxygen atoms in total. The third-order valence-electron chi connectivity index (χ3n) is 3.70. The Labute approximate surface area is 126 Å². The van der Waals surface area contributed by atoms with Crippen molar-refractivity contribution in [2.24, 2.45) is 5.92 Å². The van der Waals surface area contributed by atoms with E-state index in [9.17, 15) is 9.59 Å². The van der Waals surface area contributed by atoms with E-state index < -0.39 is 6.04 Å². The fraction of sp³-hybridized carbons (Fsp3) is 0.529. The maximum atomic E-state index is 12.7. The van der Waals surface area contributed by atoms with Gasteiger partial charge in [0, 0.05) is 19.5 Å². The molecule has 1 heterocycles. The molecule has 0 spiro atoms. The van der Waals surface area contributed by atoms with Crippen molar-refractivity contribution in [3.05, 3.63) is 35.9 Å². The van der Waals surface area contributed by atoms with Crippen molar-refractivity contribution in [3.63, 3.8) is 0 Å². The first kappa shape index (κ1) is 15.5. The standard InChI is InChI=1S/C17H24N2O2/c1-13(2)12-15(20)18-16(14-8-4-3-5-9-14)17(21)19-10-6-7-11-19/h3-5,8-9,13,16H,6-7,10-12H2,1-2H3,(H,18,20)/t16-/m1/s1. The first-order valence-electron chi connectivity index (χ1n) is 7.71. The minimum Gasteiger partial charge on any atom is -0.341 e. The van der Waals surface area contributed by atoms with Gasteiger partial charge in [0.05, 0.1) is 0 Å². The van der Waals surface area contributed by atoms with E-state index in [0.29, 0.717) is 6.42 Å². The molecule has 1 aliphatic rings. The Balaban J connectivity index is 2.14. The molecule has 1 aliphatic heterocycles. The molecule has 0 radical (unpaired) electrons. The van der Waals surface area contributed by atoms with E-state index in [1.54, 1.807) is 0 Å². The van der Waals surface area contributed by atoms with E-state index in [-0.39, 0.29) is 17.7 Å².